The Morgan fingerprint density at radius 2 is 2.36 bits per heavy atom. The third-order valence-corrected chi connectivity index (χ3v) is 1.84. The smallest absolute Gasteiger partial charge is 0.219 e. The third-order valence-electron chi connectivity index (χ3n) is 1.84. The molecule has 0 aromatic rings. The predicted molar refractivity (Wildman–Crippen MR) is 37.9 cm³/mol. The van der Waals surface area contributed by atoms with E-state index in [4.69, 9.17) is 5.11 Å². The van der Waals surface area contributed by atoms with Crippen molar-refractivity contribution in [3.8, 4) is 0 Å². The predicted octanol–water partition coefficient (Wildman–Crippen LogP) is -0.831. The van der Waals surface area contributed by atoms with E-state index < -0.39 is 6.10 Å². The van der Waals surface area contributed by atoms with Crippen molar-refractivity contribution < 1.29 is 14.7 Å². The molecule has 1 aliphatic heterocycles. The highest BCUT2D eigenvalue weighted by Crippen LogP contribution is 2.05. The monoisotopic (exact) mass is 157 g/mol. The largest absolute Gasteiger partial charge is 0.383 e. The zero-order valence-electron chi connectivity index (χ0n) is 6.41. The Bertz CT molecular complexity index is 190. The fraction of sp³-hybridized carbons (Fsp3) is 0.714. The van der Waals surface area contributed by atoms with Gasteiger partial charge in [0.2, 0.25) is 5.91 Å². The molecule has 1 saturated heterocycles. The van der Waals surface area contributed by atoms with Crippen LogP contribution in [0.2, 0.25) is 0 Å². The van der Waals surface area contributed by atoms with Crippen LogP contribution in [0.15, 0.2) is 0 Å². The van der Waals surface area contributed by atoms with Gasteiger partial charge in [-0.05, 0) is 0 Å². The maximum absolute atomic E-state index is 10.8. The zero-order valence-corrected chi connectivity index (χ0v) is 6.41. The average Bonchev–Trinajstić information content (AvgIpc) is 1.94. The van der Waals surface area contributed by atoms with Crippen molar-refractivity contribution in [2.24, 2.45) is 0 Å². The molecule has 0 aliphatic carbocycles. The molecule has 0 spiro atoms. The molecule has 0 radical (unpaired) electrons. The molecule has 11 heavy (non-hydrogen) atoms. The number of aliphatic hydroxyl groups excluding tert-OH is 1. The van der Waals surface area contributed by atoms with Crippen molar-refractivity contribution in [2.45, 2.75) is 19.4 Å². The molecule has 1 aliphatic rings. The lowest BCUT2D eigenvalue weighted by Gasteiger charge is -2.27. The number of carbonyl (C=O) groups excluding carboxylic acids is 2. The Balaban J connectivity index is 2.52. The zero-order chi connectivity index (χ0) is 8.43. The summed E-state index contributed by atoms with van der Waals surface area (Å²) in [7, 11) is 0. The topological polar surface area (TPSA) is 57.6 Å². The van der Waals surface area contributed by atoms with Gasteiger partial charge in [0, 0.05) is 19.9 Å². The molecule has 0 aromatic heterocycles. The van der Waals surface area contributed by atoms with Crippen molar-refractivity contribution >= 4 is 11.7 Å². The Kier molecular flexibility index (Phi) is 2.24. The first-order valence-corrected chi connectivity index (χ1v) is 3.57. The van der Waals surface area contributed by atoms with Crippen LogP contribution in [0.4, 0.5) is 0 Å². The summed E-state index contributed by atoms with van der Waals surface area (Å²) in [6, 6.07) is 0. The first kappa shape index (κ1) is 8.20. The summed E-state index contributed by atoms with van der Waals surface area (Å²) < 4.78 is 0. The summed E-state index contributed by atoms with van der Waals surface area (Å²) in [4.78, 5) is 23.0. The quantitative estimate of drug-likeness (QED) is 0.499. The number of β-amino-alcohol motifs (C(OH)–C–C–N with tert-alkyl or cyclic N) is 1. The molecule has 1 rings (SSSR count). The first-order valence-electron chi connectivity index (χ1n) is 3.57. The van der Waals surface area contributed by atoms with Crippen LogP contribution in [-0.4, -0.2) is 40.9 Å². The van der Waals surface area contributed by atoms with Gasteiger partial charge in [-0.1, -0.05) is 0 Å². The number of rotatable bonds is 0. The normalized spacial score (nSPS) is 25.5. The van der Waals surface area contributed by atoms with Crippen LogP contribution >= 0.6 is 0 Å². The molecule has 4 heteroatoms. The van der Waals surface area contributed by atoms with Crippen LogP contribution in [0.25, 0.3) is 0 Å². The molecule has 1 amide bonds. The highest BCUT2D eigenvalue weighted by molar-refractivity contribution is 5.86. The SMILES string of the molecule is CC(=O)N1CCC(=O)[C@@H](O)C1. The lowest BCUT2D eigenvalue weighted by Crippen LogP contribution is -2.46. The van der Waals surface area contributed by atoms with E-state index >= 15 is 0 Å². The van der Waals surface area contributed by atoms with Crippen LogP contribution < -0.4 is 0 Å². The van der Waals surface area contributed by atoms with Gasteiger partial charge in [-0.25, -0.2) is 0 Å². The molecule has 1 N–H and O–H groups in total. The number of Topliss-reactive ketones (excluding diaryl/α,β-unsaturated/α-hetero) is 1. The van der Waals surface area contributed by atoms with Crippen LogP contribution in [0, 0.1) is 0 Å². The molecule has 0 bridgehead atoms. The molecule has 1 heterocycles. The second-order valence-corrected chi connectivity index (χ2v) is 2.70. The minimum atomic E-state index is -0.965. The molecule has 0 aromatic carbocycles. The van der Waals surface area contributed by atoms with Gasteiger partial charge >= 0.3 is 0 Å². The molecule has 1 fully saturated rings. The second-order valence-electron chi connectivity index (χ2n) is 2.70. The summed E-state index contributed by atoms with van der Waals surface area (Å²) in [6.07, 6.45) is -0.687. The van der Waals surface area contributed by atoms with E-state index in [1.54, 1.807) is 0 Å². The van der Waals surface area contributed by atoms with Crippen molar-refractivity contribution in [3.05, 3.63) is 0 Å². The van der Waals surface area contributed by atoms with E-state index in [0.717, 1.165) is 0 Å². The molecular weight excluding hydrogens is 146 g/mol. The maximum Gasteiger partial charge on any atom is 0.219 e. The number of hydrogen-bond donors (Lipinski definition) is 1. The standard InChI is InChI=1S/C7H11NO3/c1-5(9)8-3-2-6(10)7(11)4-8/h7,11H,2-4H2,1H3/t7-/m0/s1. The summed E-state index contributed by atoms with van der Waals surface area (Å²) in [5.41, 5.74) is 0. The number of hydrogen-bond acceptors (Lipinski definition) is 3. The highest BCUT2D eigenvalue weighted by atomic mass is 16.3. The highest BCUT2D eigenvalue weighted by Gasteiger charge is 2.25. The van der Waals surface area contributed by atoms with E-state index in [9.17, 15) is 9.59 Å². The van der Waals surface area contributed by atoms with Crippen LogP contribution in [0.1, 0.15) is 13.3 Å². The van der Waals surface area contributed by atoms with Gasteiger partial charge in [-0.15, -0.1) is 0 Å². The molecule has 0 saturated carbocycles. The summed E-state index contributed by atoms with van der Waals surface area (Å²) in [6.45, 7) is 2.04. The minimum absolute atomic E-state index is 0.0865. The summed E-state index contributed by atoms with van der Waals surface area (Å²) >= 11 is 0. The summed E-state index contributed by atoms with van der Waals surface area (Å²) in [5.74, 6) is -0.251. The fourth-order valence-electron chi connectivity index (χ4n) is 1.10. The van der Waals surface area contributed by atoms with E-state index in [1.165, 1.54) is 11.8 Å². The third kappa shape index (κ3) is 1.77. The molecule has 1 atom stereocenters. The van der Waals surface area contributed by atoms with Gasteiger partial charge in [-0.2, -0.15) is 0 Å². The number of ketones is 1. The Morgan fingerprint density at radius 1 is 1.73 bits per heavy atom. The van der Waals surface area contributed by atoms with Gasteiger partial charge in [0.1, 0.15) is 6.10 Å². The van der Waals surface area contributed by atoms with Gasteiger partial charge < -0.3 is 10.0 Å². The van der Waals surface area contributed by atoms with Crippen molar-refractivity contribution in [1.29, 1.82) is 0 Å². The first-order chi connectivity index (χ1) is 5.11. The second kappa shape index (κ2) is 3.00. The molecule has 4 nitrogen and oxygen atoms in total. The van der Waals surface area contributed by atoms with E-state index in [-0.39, 0.29) is 24.7 Å². The van der Waals surface area contributed by atoms with Gasteiger partial charge in [0.25, 0.3) is 0 Å². The van der Waals surface area contributed by atoms with Crippen molar-refractivity contribution in [3.63, 3.8) is 0 Å². The number of carbonyl (C=O) groups is 2. The van der Waals surface area contributed by atoms with Crippen LogP contribution in [0.3, 0.4) is 0 Å². The van der Waals surface area contributed by atoms with Gasteiger partial charge in [0.05, 0.1) is 6.54 Å². The Hall–Kier alpha value is -0.900. The van der Waals surface area contributed by atoms with E-state index in [2.05, 4.69) is 0 Å². The lowest BCUT2D eigenvalue weighted by molar-refractivity contribution is -0.139. The van der Waals surface area contributed by atoms with Crippen molar-refractivity contribution in [1.82, 2.24) is 4.90 Å². The minimum Gasteiger partial charge on any atom is -0.383 e. The number of nitrogens with zero attached hydrogens (tertiary/aromatic N) is 1. The lowest BCUT2D eigenvalue weighted by atomic mass is 10.1. The van der Waals surface area contributed by atoms with Crippen molar-refractivity contribution in [2.75, 3.05) is 13.1 Å². The summed E-state index contributed by atoms with van der Waals surface area (Å²) in [5, 5.41) is 9.05. The number of likely N-dealkylation sites (tertiary alicyclic amines) is 1. The average molecular weight is 157 g/mol. The van der Waals surface area contributed by atoms with Gasteiger partial charge in [-0.3, -0.25) is 9.59 Å². The van der Waals surface area contributed by atoms with E-state index in [1.807, 2.05) is 0 Å². The van der Waals surface area contributed by atoms with Crippen LogP contribution in [0.5, 0.6) is 0 Å². The van der Waals surface area contributed by atoms with Gasteiger partial charge in [0.15, 0.2) is 5.78 Å². The van der Waals surface area contributed by atoms with Crippen LogP contribution in [-0.2, 0) is 9.59 Å². The Morgan fingerprint density at radius 3 is 2.82 bits per heavy atom. The maximum atomic E-state index is 10.8. The van der Waals surface area contributed by atoms with E-state index in [0.29, 0.717) is 6.54 Å². The molecular formula is C7H11NO3. The number of amides is 1. The molecule has 62 valence electrons. The number of aliphatic hydroxyl groups is 1. The fourth-order valence-corrected chi connectivity index (χ4v) is 1.10. The molecule has 0 unspecified atom stereocenters. The Labute approximate surface area is 64.8 Å². The number of piperidine rings is 1.